The average Bonchev–Trinajstić information content (AvgIpc) is 3.29. The van der Waals surface area contributed by atoms with Gasteiger partial charge in [0, 0.05) is 23.3 Å². The number of fused-ring (bicyclic) bond motifs is 1. The Morgan fingerprint density at radius 3 is 2.62 bits per heavy atom. The quantitative estimate of drug-likeness (QED) is 0.290. The number of nitrogens with zero attached hydrogens (tertiary/aromatic N) is 6. The van der Waals surface area contributed by atoms with Crippen LogP contribution >= 0.6 is 0 Å². The second-order valence-corrected chi connectivity index (χ2v) is 9.89. The molecule has 0 aliphatic heterocycles. The van der Waals surface area contributed by atoms with Crippen LogP contribution in [0.4, 0.5) is 20.8 Å². The molecule has 4 N–H and O–H groups in total. The van der Waals surface area contributed by atoms with Crippen LogP contribution in [0, 0.1) is 5.82 Å². The summed E-state index contributed by atoms with van der Waals surface area (Å²) in [5.41, 5.74) is 5.73. The van der Waals surface area contributed by atoms with Crippen molar-refractivity contribution in [1.82, 2.24) is 29.5 Å². The highest BCUT2D eigenvalue weighted by molar-refractivity contribution is 5.82. The van der Waals surface area contributed by atoms with E-state index in [0.29, 0.717) is 16.9 Å². The highest BCUT2D eigenvalue weighted by Crippen LogP contribution is 2.30. The van der Waals surface area contributed by atoms with Crippen molar-refractivity contribution in [2.45, 2.75) is 32.8 Å². The van der Waals surface area contributed by atoms with E-state index >= 15 is 4.39 Å². The Labute approximate surface area is 226 Å². The van der Waals surface area contributed by atoms with Crippen molar-refractivity contribution in [2.75, 3.05) is 5.32 Å². The number of rotatable bonds is 6. The number of hydrogen-bond donors (Lipinski definition) is 3. The zero-order chi connectivity index (χ0) is 28.6. The van der Waals surface area contributed by atoms with E-state index < -0.39 is 24.1 Å². The largest absolute Gasteiger partial charge is 0.410 e. The van der Waals surface area contributed by atoms with Crippen molar-refractivity contribution in [3.8, 4) is 17.1 Å². The molecule has 0 saturated carbocycles. The maximum Gasteiger partial charge on any atom is 0.410 e. The summed E-state index contributed by atoms with van der Waals surface area (Å²) in [6.45, 7) is 5.32. The van der Waals surface area contributed by atoms with Gasteiger partial charge in [0.15, 0.2) is 11.6 Å². The first-order valence-electron chi connectivity index (χ1n) is 12.1. The van der Waals surface area contributed by atoms with Gasteiger partial charge in [0.25, 0.3) is 5.56 Å². The van der Waals surface area contributed by atoms with Crippen LogP contribution in [-0.4, -0.2) is 40.7 Å². The number of nitrogens with two attached hydrogens (primary N) is 1. The Hall–Kier alpha value is -5.17. The van der Waals surface area contributed by atoms with Crippen LogP contribution in [0.3, 0.4) is 0 Å². The number of amides is 1. The number of ether oxygens (including phenoxy) is 1. The monoisotopic (exact) mass is 544 g/mol. The number of aliphatic hydroxyl groups is 1. The first kappa shape index (κ1) is 26.4. The predicted molar refractivity (Wildman–Crippen MR) is 145 cm³/mol. The fourth-order valence-electron chi connectivity index (χ4n) is 4.21. The SMILES string of the molecule is CC(C)(C)c1cc(F)c2c(=O)n(-c3cccc(-n4cc(OC(N)=O)c(Nc5cnccn5)n4)c3CO)ncc2c1. The summed E-state index contributed by atoms with van der Waals surface area (Å²) in [6, 6.07) is 7.92. The molecule has 0 aliphatic carbocycles. The molecule has 13 heteroatoms. The number of halogens is 1. The Kier molecular flexibility index (Phi) is 6.73. The molecule has 3 aromatic heterocycles. The summed E-state index contributed by atoms with van der Waals surface area (Å²) >= 11 is 0. The fraction of sp³-hybridized carbons (Fsp3) is 0.185. The Morgan fingerprint density at radius 1 is 1.18 bits per heavy atom. The summed E-state index contributed by atoms with van der Waals surface area (Å²) in [5.74, 6) is -0.274. The Balaban J connectivity index is 1.64. The van der Waals surface area contributed by atoms with Crippen LogP contribution in [0.1, 0.15) is 31.9 Å². The lowest BCUT2D eigenvalue weighted by molar-refractivity contribution is 0.211. The minimum Gasteiger partial charge on any atom is -0.405 e. The predicted octanol–water partition coefficient (Wildman–Crippen LogP) is 3.49. The van der Waals surface area contributed by atoms with Gasteiger partial charge in [-0.25, -0.2) is 18.9 Å². The number of hydrogen-bond acceptors (Lipinski definition) is 9. The van der Waals surface area contributed by atoms with E-state index in [0.717, 1.165) is 10.2 Å². The van der Waals surface area contributed by atoms with E-state index in [-0.39, 0.29) is 33.6 Å². The number of carbonyl (C=O) groups is 1. The summed E-state index contributed by atoms with van der Waals surface area (Å²) in [4.78, 5) is 33.1. The van der Waals surface area contributed by atoms with Gasteiger partial charge in [0.1, 0.15) is 11.6 Å². The molecule has 3 heterocycles. The lowest BCUT2D eigenvalue weighted by atomic mass is 9.86. The van der Waals surface area contributed by atoms with E-state index in [4.69, 9.17) is 10.5 Å². The van der Waals surface area contributed by atoms with Crippen molar-refractivity contribution < 1.29 is 19.0 Å². The van der Waals surface area contributed by atoms with Crippen LogP contribution in [0.25, 0.3) is 22.1 Å². The van der Waals surface area contributed by atoms with Crippen molar-refractivity contribution in [3.63, 3.8) is 0 Å². The molecule has 0 aliphatic rings. The van der Waals surface area contributed by atoms with E-state index in [2.05, 4.69) is 25.5 Å². The smallest absolute Gasteiger partial charge is 0.405 e. The number of anilines is 2. The molecule has 5 rings (SSSR count). The highest BCUT2D eigenvalue weighted by atomic mass is 19.1. The minimum absolute atomic E-state index is 0.0230. The summed E-state index contributed by atoms with van der Waals surface area (Å²) in [7, 11) is 0. The van der Waals surface area contributed by atoms with Crippen LogP contribution < -0.4 is 21.3 Å². The highest BCUT2D eigenvalue weighted by Gasteiger charge is 2.22. The molecule has 5 aromatic rings. The molecule has 0 spiro atoms. The Bertz CT molecular complexity index is 1790. The molecule has 0 radical (unpaired) electrons. The molecule has 1 amide bonds. The lowest BCUT2D eigenvalue weighted by Crippen LogP contribution is -2.24. The Morgan fingerprint density at radius 2 is 1.95 bits per heavy atom. The van der Waals surface area contributed by atoms with Gasteiger partial charge < -0.3 is 20.9 Å². The van der Waals surface area contributed by atoms with Gasteiger partial charge in [0.05, 0.1) is 42.0 Å². The molecule has 0 fully saturated rings. The standard InChI is InChI=1S/C27H25FN8O4/c1-27(2,3)16-9-15-11-32-36(25(38)23(15)18(28)10-16)20-6-4-5-19(17(20)14-37)35-13-21(40-26(29)39)24(34-35)33-22-12-30-7-8-31-22/h4-13,37H,14H2,1-3H3,(H2,29,39)(H,31,33,34). The van der Waals surface area contributed by atoms with Crippen molar-refractivity contribution in [1.29, 1.82) is 0 Å². The first-order chi connectivity index (χ1) is 19.1. The van der Waals surface area contributed by atoms with E-state index in [1.165, 1.54) is 41.7 Å². The molecule has 0 bridgehead atoms. The van der Waals surface area contributed by atoms with E-state index in [9.17, 15) is 14.7 Å². The minimum atomic E-state index is -1.07. The first-order valence-corrected chi connectivity index (χ1v) is 12.1. The van der Waals surface area contributed by atoms with Crippen molar-refractivity contribution in [3.05, 3.63) is 88.6 Å². The molecular formula is C27H25FN8O4. The van der Waals surface area contributed by atoms with Crippen LogP contribution in [0.5, 0.6) is 5.75 Å². The van der Waals surface area contributed by atoms with Crippen molar-refractivity contribution >= 4 is 28.5 Å². The fourth-order valence-corrected chi connectivity index (χ4v) is 4.21. The molecule has 0 saturated heterocycles. The van der Waals surface area contributed by atoms with Crippen LogP contribution in [-0.2, 0) is 12.0 Å². The molecule has 204 valence electrons. The third-order valence-electron chi connectivity index (χ3n) is 6.17. The molecular weight excluding hydrogens is 519 g/mol. The number of benzene rings is 2. The topological polar surface area (TPSA) is 163 Å². The summed E-state index contributed by atoms with van der Waals surface area (Å²) < 4.78 is 22.7. The summed E-state index contributed by atoms with van der Waals surface area (Å²) in [6.07, 6.45) is 6.10. The van der Waals surface area contributed by atoms with Gasteiger partial charge in [-0.2, -0.15) is 9.78 Å². The number of primary amides is 1. The van der Waals surface area contributed by atoms with Gasteiger partial charge in [-0.05, 0) is 35.2 Å². The maximum absolute atomic E-state index is 15.2. The van der Waals surface area contributed by atoms with Gasteiger partial charge in [-0.1, -0.05) is 26.8 Å². The van der Waals surface area contributed by atoms with Gasteiger partial charge in [-0.15, -0.1) is 5.10 Å². The van der Waals surface area contributed by atoms with Crippen LogP contribution in [0.2, 0.25) is 0 Å². The number of aliphatic hydroxyl groups excluding tert-OH is 1. The number of nitrogens with one attached hydrogen (secondary N) is 1. The normalized spacial score (nSPS) is 11.5. The number of aromatic nitrogens is 6. The van der Waals surface area contributed by atoms with Gasteiger partial charge >= 0.3 is 6.09 Å². The summed E-state index contributed by atoms with van der Waals surface area (Å²) in [5, 5.41) is 22.2. The molecule has 40 heavy (non-hydrogen) atoms. The third-order valence-corrected chi connectivity index (χ3v) is 6.17. The third kappa shape index (κ3) is 4.97. The van der Waals surface area contributed by atoms with E-state index in [1.807, 2.05) is 20.8 Å². The molecule has 12 nitrogen and oxygen atoms in total. The number of carbonyl (C=O) groups excluding carboxylic acids is 1. The average molecular weight is 545 g/mol. The second kappa shape index (κ2) is 10.2. The van der Waals surface area contributed by atoms with Crippen molar-refractivity contribution in [2.24, 2.45) is 5.73 Å². The second-order valence-electron chi connectivity index (χ2n) is 9.89. The molecule has 0 atom stereocenters. The lowest BCUT2D eigenvalue weighted by Gasteiger charge is -2.20. The van der Waals surface area contributed by atoms with E-state index in [1.54, 1.807) is 24.3 Å². The molecule has 0 unspecified atom stereocenters. The zero-order valence-electron chi connectivity index (χ0n) is 21.8. The molecule has 2 aromatic carbocycles. The van der Waals surface area contributed by atoms with Gasteiger partial charge in [0.2, 0.25) is 0 Å². The van der Waals surface area contributed by atoms with Gasteiger partial charge in [-0.3, -0.25) is 9.78 Å². The zero-order valence-corrected chi connectivity index (χ0v) is 21.8. The maximum atomic E-state index is 15.2. The van der Waals surface area contributed by atoms with Crippen LogP contribution in [0.15, 0.2) is 66.1 Å².